The van der Waals surface area contributed by atoms with E-state index in [-0.39, 0.29) is 18.8 Å². The Labute approximate surface area is 159 Å². The third-order valence-corrected chi connectivity index (χ3v) is 4.27. The molecular weight excluding hydrogens is 348 g/mol. The van der Waals surface area contributed by atoms with E-state index in [9.17, 15) is 9.59 Å². The number of carbonyl (C=O) groups is 2. The Kier molecular flexibility index (Phi) is 5.58. The summed E-state index contributed by atoms with van der Waals surface area (Å²) in [5.41, 5.74) is 0.351. The second-order valence-corrected chi connectivity index (χ2v) is 7.59. The van der Waals surface area contributed by atoms with Gasteiger partial charge in [-0.25, -0.2) is 4.79 Å². The Bertz CT molecular complexity index is 738. The molecular formula is C20H26N2O5. The molecule has 2 aliphatic rings. The molecule has 0 saturated carbocycles. The number of amides is 2. The Balaban J connectivity index is 1.55. The molecule has 1 saturated heterocycles. The van der Waals surface area contributed by atoms with Gasteiger partial charge in [-0.05, 0) is 51.0 Å². The summed E-state index contributed by atoms with van der Waals surface area (Å²) in [5.74, 6) is 1.33. The standard InChI is InChI=1S/C20H26N2O5/c1-20(2,3)27-19(24)22-10-4-9-21(11-12-22)18(23)8-6-15-5-7-16-17(13-15)26-14-25-16/h5-8,13H,4,9-12,14H2,1-3H3/b8-6+. The minimum absolute atomic E-state index is 0.0706. The fourth-order valence-electron chi connectivity index (χ4n) is 2.94. The summed E-state index contributed by atoms with van der Waals surface area (Å²) in [6.07, 6.45) is 3.72. The van der Waals surface area contributed by atoms with Crippen LogP contribution in [-0.4, -0.2) is 60.4 Å². The SMILES string of the molecule is CC(C)(C)OC(=O)N1CCCN(C(=O)/C=C/c2ccc3c(c2)OCO3)CC1. The van der Waals surface area contributed by atoms with Crippen molar-refractivity contribution in [3.05, 3.63) is 29.8 Å². The maximum atomic E-state index is 12.5. The fourth-order valence-corrected chi connectivity index (χ4v) is 2.94. The molecule has 2 heterocycles. The maximum Gasteiger partial charge on any atom is 0.410 e. The van der Waals surface area contributed by atoms with Gasteiger partial charge < -0.3 is 24.0 Å². The van der Waals surface area contributed by atoms with Gasteiger partial charge in [-0.15, -0.1) is 0 Å². The molecule has 27 heavy (non-hydrogen) atoms. The molecule has 2 aliphatic heterocycles. The predicted molar refractivity (Wildman–Crippen MR) is 101 cm³/mol. The average Bonchev–Trinajstić information content (AvgIpc) is 2.92. The molecule has 0 radical (unpaired) electrons. The summed E-state index contributed by atoms with van der Waals surface area (Å²) in [6.45, 7) is 7.93. The van der Waals surface area contributed by atoms with Crippen LogP contribution in [0.5, 0.6) is 11.5 Å². The second-order valence-electron chi connectivity index (χ2n) is 7.59. The van der Waals surface area contributed by atoms with E-state index in [0.717, 1.165) is 12.0 Å². The monoisotopic (exact) mass is 374 g/mol. The van der Waals surface area contributed by atoms with E-state index in [4.69, 9.17) is 14.2 Å². The summed E-state index contributed by atoms with van der Waals surface area (Å²) >= 11 is 0. The first kappa shape index (κ1) is 19.1. The molecule has 0 aromatic heterocycles. The third-order valence-electron chi connectivity index (χ3n) is 4.27. The van der Waals surface area contributed by atoms with Crippen molar-refractivity contribution >= 4 is 18.1 Å². The number of carbonyl (C=O) groups excluding carboxylic acids is 2. The van der Waals surface area contributed by atoms with Crippen LogP contribution >= 0.6 is 0 Å². The van der Waals surface area contributed by atoms with Gasteiger partial charge in [-0.2, -0.15) is 0 Å². The smallest absolute Gasteiger partial charge is 0.410 e. The lowest BCUT2D eigenvalue weighted by molar-refractivity contribution is -0.125. The van der Waals surface area contributed by atoms with Gasteiger partial charge >= 0.3 is 6.09 Å². The number of nitrogens with zero attached hydrogens (tertiary/aromatic N) is 2. The van der Waals surface area contributed by atoms with Crippen molar-refractivity contribution in [1.82, 2.24) is 9.80 Å². The van der Waals surface area contributed by atoms with Gasteiger partial charge in [-0.1, -0.05) is 6.07 Å². The lowest BCUT2D eigenvalue weighted by Gasteiger charge is -2.26. The molecule has 0 bridgehead atoms. The van der Waals surface area contributed by atoms with Gasteiger partial charge in [-0.3, -0.25) is 4.79 Å². The maximum absolute atomic E-state index is 12.5. The first-order chi connectivity index (χ1) is 12.8. The number of hydrogen-bond acceptors (Lipinski definition) is 5. The van der Waals surface area contributed by atoms with Crippen molar-refractivity contribution in [3.8, 4) is 11.5 Å². The zero-order valence-electron chi connectivity index (χ0n) is 16.1. The molecule has 0 spiro atoms. The van der Waals surface area contributed by atoms with Crippen LogP contribution in [0.3, 0.4) is 0 Å². The molecule has 7 heteroatoms. The highest BCUT2D eigenvalue weighted by atomic mass is 16.7. The molecule has 0 unspecified atom stereocenters. The Morgan fingerprint density at radius 1 is 1.04 bits per heavy atom. The minimum atomic E-state index is -0.522. The van der Waals surface area contributed by atoms with Gasteiger partial charge in [0.25, 0.3) is 0 Å². The fraction of sp³-hybridized carbons (Fsp3) is 0.500. The van der Waals surface area contributed by atoms with Crippen molar-refractivity contribution in [2.75, 3.05) is 33.0 Å². The number of ether oxygens (including phenoxy) is 3. The van der Waals surface area contributed by atoms with Crippen LogP contribution in [0, 0.1) is 0 Å². The summed E-state index contributed by atoms with van der Waals surface area (Å²) in [5, 5.41) is 0. The Morgan fingerprint density at radius 2 is 1.74 bits per heavy atom. The molecule has 3 rings (SSSR count). The van der Waals surface area contributed by atoms with Gasteiger partial charge in [0.15, 0.2) is 11.5 Å². The molecule has 1 fully saturated rings. The van der Waals surface area contributed by atoms with E-state index in [1.165, 1.54) is 0 Å². The third kappa shape index (κ3) is 5.15. The zero-order valence-corrected chi connectivity index (χ0v) is 16.1. The second kappa shape index (κ2) is 7.90. The number of fused-ring (bicyclic) bond motifs is 1. The predicted octanol–water partition coefficient (Wildman–Crippen LogP) is 2.90. The van der Waals surface area contributed by atoms with Crippen LogP contribution in [0.2, 0.25) is 0 Å². The van der Waals surface area contributed by atoms with Crippen molar-refractivity contribution in [3.63, 3.8) is 0 Å². The molecule has 1 aromatic carbocycles. The van der Waals surface area contributed by atoms with Crippen LogP contribution in [0.15, 0.2) is 24.3 Å². The van der Waals surface area contributed by atoms with Crippen LogP contribution in [0.25, 0.3) is 6.08 Å². The largest absolute Gasteiger partial charge is 0.454 e. The van der Waals surface area contributed by atoms with E-state index >= 15 is 0 Å². The van der Waals surface area contributed by atoms with Crippen LogP contribution in [0.4, 0.5) is 4.79 Å². The van der Waals surface area contributed by atoms with Crippen LogP contribution in [-0.2, 0) is 9.53 Å². The molecule has 1 aromatic rings. The molecule has 146 valence electrons. The van der Waals surface area contributed by atoms with Crippen molar-refractivity contribution < 1.29 is 23.8 Å². The highest BCUT2D eigenvalue weighted by Gasteiger charge is 2.25. The number of rotatable bonds is 2. The van der Waals surface area contributed by atoms with E-state index in [1.54, 1.807) is 22.0 Å². The van der Waals surface area contributed by atoms with Crippen molar-refractivity contribution in [1.29, 1.82) is 0 Å². The van der Waals surface area contributed by atoms with E-state index in [2.05, 4.69) is 0 Å². The quantitative estimate of drug-likeness (QED) is 0.745. The number of benzene rings is 1. The summed E-state index contributed by atoms with van der Waals surface area (Å²) < 4.78 is 16.0. The summed E-state index contributed by atoms with van der Waals surface area (Å²) in [7, 11) is 0. The highest BCUT2D eigenvalue weighted by Crippen LogP contribution is 2.32. The van der Waals surface area contributed by atoms with Crippen LogP contribution < -0.4 is 9.47 Å². The van der Waals surface area contributed by atoms with E-state index in [0.29, 0.717) is 37.7 Å². The molecule has 0 aliphatic carbocycles. The van der Waals surface area contributed by atoms with Crippen molar-refractivity contribution in [2.45, 2.75) is 32.8 Å². The van der Waals surface area contributed by atoms with Crippen molar-refractivity contribution in [2.24, 2.45) is 0 Å². The topological polar surface area (TPSA) is 68.3 Å². The zero-order chi connectivity index (χ0) is 19.4. The lowest BCUT2D eigenvalue weighted by atomic mass is 10.2. The normalized spacial score (nSPS) is 17.1. The van der Waals surface area contributed by atoms with Gasteiger partial charge in [0.1, 0.15) is 5.60 Å². The lowest BCUT2D eigenvalue weighted by Crippen LogP contribution is -2.39. The number of hydrogen-bond donors (Lipinski definition) is 0. The summed E-state index contributed by atoms with van der Waals surface area (Å²) in [6, 6.07) is 5.56. The van der Waals surface area contributed by atoms with Gasteiger partial charge in [0, 0.05) is 32.3 Å². The van der Waals surface area contributed by atoms with E-state index < -0.39 is 5.60 Å². The Morgan fingerprint density at radius 3 is 2.52 bits per heavy atom. The molecule has 0 atom stereocenters. The first-order valence-corrected chi connectivity index (χ1v) is 9.16. The first-order valence-electron chi connectivity index (χ1n) is 9.16. The van der Waals surface area contributed by atoms with Crippen LogP contribution in [0.1, 0.15) is 32.8 Å². The summed E-state index contributed by atoms with van der Waals surface area (Å²) in [4.78, 5) is 28.1. The minimum Gasteiger partial charge on any atom is -0.454 e. The van der Waals surface area contributed by atoms with Gasteiger partial charge in [0.05, 0.1) is 0 Å². The average molecular weight is 374 g/mol. The highest BCUT2D eigenvalue weighted by molar-refractivity contribution is 5.92. The van der Waals surface area contributed by atoms with Gasteiger partial charge in [0.2, 0.25) is 12.7 Å². The molecule has 7 nitrogen and oxygen atoms in total. The Hall–Kier alpha value is -2.70. The molecule has 0 N–H and O–H groups in total. The van der Waals surface area contributed by atoms with E-state index in [1.807, 2.05) is 39.0 Å². The molecule has 2 amide bonds.